The van der Waals surface area contributed by atoms with Crippen molar-refractivity contribution in [2.45, 2.75) is 0 Å². The molecule has 0 amide bonds. The molecule has 0 bridgehead atoms. The summed E-state index contributed by atoms with van der Waals surface area (Å²) in [5.74, 6) is 0.656. The first-order valence-electron chi connectivity index (χ1n) is 8.84. The Bertz CT molecular complexity index is 1280. The molecule has 7 heteroatoms. The minimum atomic E-state index is 0.00121. The Kier molecular flexibility index (Phi) is 5.22. The third kappa shape index (κ3) is 3.69. The third-order valence-corrected chi connectivity index (χ3v) is 5.50. The van der Waals surface area contributed by atoms with Gasteiger partial charge in [-0.15, -0.1) is 0 Å². The highest BCUT2D eigenvalue weighted by atomic mass is 79.9. The van der Waals surface area contributed by atoms with Crippen molar-refractivity contribution in [1.29, 1.82) is 10.8 Å². The zero-order valence-electron chi connectivity index (χ0n) is 15.5. The van der Waals surface area contributed by atoms with E-state index in [1.807, 2.05) is 72.6 Å². The van der Waals surface area contributed by atoms with Crippen molar-refractivity contribution >= 4 is 56.3 Å². The van der Waals surface area contributed by atoms with Crippen molar-refractivity contribution in [1.82, 2.24) is 9.55 Å². The van der Waals surface area contributed by atoms with Crippen LogP contribution in [0.2, 0.25) is 5.02 Å². The van der Waals surface area contributed by atoms with Gasteiger partial charge in [0, 0.05) is 27.6 Å². The summed E-state index contributed by atoms with van der Waals surface area (Å²) in [5, 5.41) is 17.5. The Morgan fingerprint density at radius 1 is 1.03 bits per heavy atom. The molecule has 0 aliphatic rings. The number of nitrogens with one attached hydrogen (secondary N) is 2. The van der Waals surface area contributed by atoms with Gasteiger partial charge in [-0.1, -0.05) is 51.8 Å². The van der Waals surface area contributed by atoms with Gasteiger partial charge in [-0.3, -0.25) is 15.4 Å². The number of anilines is 2. The van der Waals surface area contributed by atoms with E-state index in [-0.39, 0.29) is 5.62 Å². The standard InChI is InChI=1S/C22H17BrClN5/c1-28(18-4-2-3-15(11-18)14-5-8-17(24)9-6-14)21-19-10-7-16(23)12-20(19)29(13-25)22(26)27-21/h2-13,25-26H,1H3. The minimum Gasteiger partial charge on any atom is -0.329 e. The second kappa shape index (κ2) is 7.81. The lowest BCUT2D eigenvalue weighted by atomic mass is 10.0. The van der Waals surface area contributed by atoms with Gasteiger partial charge in [0.25, 0.3) is 0 Å². The molecule has 4 rings (SSSR count). The van der Waals surface area contributed by atoms with Crippen LogP contribution in [0.3, 0.4) is 0 Å². The molecule has 0 atom stereocenters. The highest BCUT2D eigenvalue weighted by Crippen LogP contribution is 2.32. The average molecular weight is 467 g/mol. The minimum absolute atomic E-state index is 0.00121. The van der Waals surface area contributed by atoms with Crippen LogP contribution in [-0.2, 0) is 0 Å². The largest absolute Gasteiger partial charge is 0.329 e. The van der Waals surface area contributed by atoms with Crippen LogP contribution in [0.1, 0.15) is 0 Å². The van der Waals surface area contributed by atoms with Crippen molar-refractivity contribution in [2.24, 2.45) is 0 Å². The number of rotatable bonds is 4. The van der Waals surface area contributed by atoms with Crippen molar-refractivity contribution < 1.29 is 0 Å². The van der Waals surface area contributed by atoms with E-state index < -0.39 is 0 Å². The second-order valence-corrected chi connectivity index (χ2v) is 7.89. The molecular formula is C22H17BrClN5. The van der Waals surface area contributed by atoms with Gasteiger partial charge in [-0.2, -0.15) is 4.98 Å². The highest BCUT2D eigenvalue weighted by Gasteiger charge is 2.14. The molecular weight excluding hydrogens is 450 g/mol. The summed E-state index contributed by atoms with van der Waals surface area (Å²) in [6.07, 6.45) is 1.11. The fourth-order valence-corrected chi connectivity index (χ4v) is 3.74. The predicted molar refractivity (Wildman–Crippen MR) is 122 cm³/mol. The van der Waals surface area contributed by atoms with Gasteiger partial charge >= 0.3 is 0 Å². The lowest BCUT2D eigenvalue weighted by molar-refractivity contribution is 0.915. The number of nitrogens with zero attached hydrogens (tertiary/aromatic N) is 3. The molecule has 0 spiro atoms. The molecule has 0 saturated heterocycles. The molecule has 5 nitrogen and oxygen atoms in total. The van der Waals surface area contributed by atoms with Crippen molar-refractivity contribution in [3.63, 3.8) is 0 Å². The van der Waals surface area contributed by atoms with E-state index in [1.165, 1.54) is 4.57 Å². The van der Waals surface area contributed by atoms with Gasteiger partial charge in [-0.25, -0.2) is 0 Å². The Balaban J connectivity index is 1.85. The zero-order valence-corrected chi connectivity index (χ0v) is 17.9. The fraction of sp³-hybridized carbons (Fsp3) is 0.0455. The van der Waals surface area contributed by atoms with Gasteiger partial charge in [0.2, 0.25) is 5.62 Å². The topological polar surface area (TPSA) is 68.8 Å². The summed E-state index contributed by atoms with van der Waals surface area (Å²) in [6, 6.07) is 21.6. The number of fused-ring (bicyclic) bond motifs is 1. The van der Waals surface area contributed by atoms with Crippen molar-refractivity contribution in [3.8, 4) is 11.1 Å². The van der Waals surface area contributed by atoms with Crippen LogP contribution in [0.5, 0.6) is 0 Å². The molecule has 29 heavy (non-hydrogen) atoms. The van der Waals surface area contributed by atoms with E-state index in [2.05, 4.69) is 27.0 Å². The third-order valence-electron chi connectivity index (χ3n) is 4.76. The zero-order chi connectivity index (χ0) is 20.5. The summed E-state index contributed by atoms with van der Waals surface area (Å²) in [7, 11) is 1.93. The molecule has 0 aliphatic heterocycles. The molecule has 1 aromatic heterocycles. The van der Waals surface area contributed by atoms with E-state index in [1.54, 1.807) is 0 Å². The Labute approximate surface area is 181 Å². The predicted octanol–water partition coefficient (Wildman–Crippen LogP) is 5.82. The van der Waals surface area contributed by atoms with Crippen LogP contribution in [0.25, 0.3) is 22.0 Å². The Hall–Kier alpha value is -2.96. The summed E-state index contributed by atoms with van der Waals surface area (Å²) in [5.41, 5.74) is 3.82. The van der Waals surface area contributed by atoms with Crippen LogP contribution in [-0.4, -0.2) is 22.9 Å². The maximum absolute atomic E-state index is 8.26. The smallest absolute Gasteiger partial charge is 0.229 e. The van der Waals surface area contributed by atoms with E-state index in [0.717, 1.165) is 38.5 Å². The van der Waals surface area contributed by atoms with Crippen LogP contribution in [0.4, 0.5) is 11.5 Å². The molecule has 0 radical (unpaired) electrons. The van der Waals surface area contributed by atoms with E-state index in [0.29, 0.717) is 10.8 Å². The number of halogens is 2. The SMILES string of the molecule is CN(c1cccc(-c2ccc(Cl)cc2)c1)c1nc(=N)n(C=N)c2cc(Br)ccc12. The number of aromatic nitrogens is 2. The first kappa shape index (κ1) is 19.4. The van der Waals surface area contributed by atoms with Gasteiger partial charge < -0.3 is 4.90 Å². The molecule has 4 aromatic rings. The Morgan fingerprint density at radius 2 is 1.79 bits per heavy atom. The number of hydrogen-bond donors (Lipinski definition) is 2. The maximum atomic E-state index is 8.26. The molecule has 2 N–H and O–H groups in total. The quantitative estimate of drug-likeness (QED) is 0.294. The maximum Gasteiger partial charge on any atom is 0.229 e. The monoisotopic (exact) mass is 465 g/mol. The number of hydrogen-bond acceptors (Lipinski definition) is 4. The van der Waals surface area contributed by atoms with Crippen LogP contribution < -0.4 is 10.5 Å². The van der Waals surface area contributed by atoms with E-state index in [4.69, 9.17) is 22.4 Å². The van der Waals surface area contributed by atoms with Crippen LogP contribution in [0.15, 0.2) is 71.2 Å². The summed E-state index contributed by atoms with van der Waals surface area (Å²) < 4.78 is 2.33. The highest BCUT2D eigenvalue weighted by molar-refractivity contribution is 9.10. The normalized spacial score (nSPS) is 10.9. The molecule has 0 fully saturated rings. The first-order chi connectivity index (χ1) is 14.0. The summed E-state index contributed by atoms with van der Waals surface area (Å²) >= 11 is 9.49. The van der Waals surface area contributed by atoms with Gasteiger partial charge in [0.05, 0.1) is 11.9 Å². The van der Waals surface area contributed by atoms with Crippen molar-refractivity contribution in [2.75, 3.05) is 11.9 Å². The van der Waals surface area contributed by atoms with Gasteiger partial charge in [-0.05, 0) is 53.6 Å². The average Bonchev–Trinajstić information content (AvgIpc) is 2.73. The lowest BCUT2D eigenvalue weighted by Crippen LogP contribution is -2.26. The number of benzene rings is 3. The van der Waals surface area contributed by atoms with Crippen LogP contribution >= 0.6 is 27.5 Å². The molecule has 0 saturated carbocycles. The van der Waals surface area contributed by atoms with E-state index in [9.17, 15) is 0 Å². The van der Waals surface area contributed by atoms with Crippen LogP contribution in [0, 0.1) is 10.8 Å². The lowest BCUT2D eigenvalue weighted by Gasteiger charge is -2.22. The molecule has 3 aromatic carbocycles. The molecule has 0 unspecified atom stereocenters. The van der Waals surface area contributed by atoms with Gasteiger partial charge in [0.15, 0.2) is 0 Å². The summed E-state index contributed by atoms with van der Waals surface area (Å²) in [4.78, 5) is 6.42. The molecule has 0 aliphatic carbocycles. The van der Waals surface area contributed by atoms with E-state index >= 15 is 0 Å². The Morgan fingerprint density at radius 3 is 2.52 bits per heavy atom. The van der Waals surface area contributed by atoms with Crippen molar-refractivity contribution in [3.05, 3.63) is 81.8 Å². The fourth-order valence-electron chi connectivity index (χ4n) is 3.27. The first-order valence-corrected chi connectivity index (χ1v) is 10.0. The molecule has 144 valence electrons. The summed E-state index contributed by atoms with van der Waals surface area (Å²) in [6.45, 7) is 0. The van der Waals surface area contributed by atoms with Gasteiger partial charge in [0.1, 0.15) is 5.82 Å². The second-order valence-electron chi connectivity index (χ2n) is 6.54. The molecule has 1 heterocycles.